The van der Waals surface area contributed by atoms with Crippen molar-refractivity contribution in [3.05, 3.63) is 35.4 Å². The average molecular weight is 215 g/mol. The van der Waals surface area contributed by atoms with Crippen molar-refractivity contribution in [1.29, 1.82) is 0 Å². The fourth-order valence-electron chi connectivity index (χ4n) is 3.66. The third-order valence-corrected chi connectivity index (χ3v) is 4.50. The summed E-state index contributed by atoms with van der Waals surface area (Å²) < 4.78 is 0. The summed E-state index contributed by atoms with van der Waals surface area (Å²) in [6.45, 7) is 3.46. The molecular formula is C15H21N. The maximum absolute atomic E-state index is 3.84. The number of benzene rings is 1. The zero-order valence-electron chi connectivity index (χ0n) is 10.1. The van der Waals surface area contributed by atoms with Crippen LogP contribution in [0.4, 0.5) is 0 Å². The van der Waals surface area contributed by atoms with Gasteiger partial charge in [-0.15, -0.1) is 0 Å². The van der Waals surface area contributed by atoms with Crippen LogP contribution in [0.15, 0.2) is 24.3 Å². The Morgan fingerprint density at radius 2 is 1.94 bits per heavy atom. The molecule has 3 rings (SSSR count). The Hall–Kier alpha value is -0.820. The average Bonchev–Trinajstić information content (AvgIpc) is 2.70. The Morgan fingerprint density at radius 3 is 2.75 bits per heavy atom. The summed E-state index contributed by atoms with van der Waals surface area (Å²) in [4.78, 5) is 0. The molecule has 0 amide bonds. The van der Waals surface area contributed by atoms with Crippen molar-refractivity contribution < 1.29 is 0 Å². The van der Waals surface area contributed by atoms with E-state index in [1.165, 1.54) is 37.7 Å². The molecule has 1 N–H and O–H groups in total. The zero-order chi connectivity index (χ0) is 11.0. The van der Waals surface area contributed by atoms with E-state index in [0.717, 1.165) is 6.54 Å². The van der Waals surface area contributed by atoms with E-state index in [1.807, 2.05) is 0 Å². The van der Waals surface area contributed by atoms with Gasteiger partial charge in [0.15, 0.2) is 0 Å². The largest absolute Gasteiger partial charge is 0.307 e. The van der Waals surface area contributed by atoms with Gasteiger partial charge in [-0.05, 0) is 36.3 Å². The Labute approximate surface area is 98.3 Å². The third-order valence-electron chi connectivity index (χ3n) is 4.50. The van der Waals surface area contributed by atoms with Gasteiger partial charge in [0.25, 0.3) is 0 Å². The fourth-order valence-corrected chi connectivity index (χ4v) is 3.66. The first-order valence-electron chi connectivity index (χ1n) is 6.62. The number of fused-ring (bicyclic) bond motifs is 1. The molecule has 1 aromatic carbocycles. The van der Waals surface area contributed by atoms with Gasteiger partial charge in [-0.25, -0.2) is 0 Å². The highest BCUT2D eigenvalue weighted by molar-refractivity contribution is 5.32. The lowest BCUT2D eigenvalue weighted by Gasteiger charge is -2.30. The molecule has 16 heavy (non-hydrogen) atoms. The number of rotatable bonds is 0. The minimum atomic E-state index is 0.457. The Bertz CT molecular complexity index is 377. The summed E-state index contributed by atoms with van der Waals surface area (Å²) in [5, 5.41) is 3.84. The molecule has 86 valence electrons. The van der Waals surface area contributed by atoms with Crippen molar-refractivity contribution >= 4 is 0 Å². The molecule has 0 saturated heterocycles. The molecule has 2 aliphatic rings. The highest BCUT2D eigenvalue weighted by Crippen LogP contribution is 2.40. The van der Waals surface area contributed by atoms with Gasteiger partial charge in [-0.1, -0.05) is 44.0 Å². The van der Waals surface area contributed by atoms with Crippen LogP contribution >= 0.6 is 0 Å². The maximum Gasteiger partial charge on any atom is 0.0213 e. The lowest BCUT2D eigenvalue weighted by atomic mass is 9.84. The van der Waals surface area contributed by atoms with Crippen LogP contribution < -0.4 is 5.32 Å². The molecule has 1 aliphatic carbocycles. The van der Waals surface area contributed by atoms with Gasteiger partial charge < -0.3 is 5.32 Å². The van der Waals surface area contributed by atoms with E-state index in [9.17, 15) is 0 Å². The van der Waals surface area contributed by atoms with Gasteiger partial charge in [0, 0.05) is 12.1 Å². The third kappa shape index (κ3) is 1.67. The standard InChI is InChI=1S/C15H21N/c1-12-10-15(8-4-5-9-15)16-11-13-6-2-3-7-14(12)13/h2-3,6-7,12,16H,4-5,8-11H2,1H3/t12-/m0/s1. The van der Waals surface area contributed by atoms with E-state index < -0.39 is 0 Å². The first kappa shape index (κ1) is 10.3. The van der Waals surface area contributed by atoms with Crippen molar-refractivity contribution in [2.45, 2.75) is 57.0 Å². The molecule has 1 heteroatoms. The van der Waals surface area contributed by atoms with E-state index >= 15 is 0 Å². The molecule has 1 saturated carbocycles. The molecule has 1 aromatic rings. The molecule has 1 spiro atoms. The maximum atomic E-state index is 3.84. The van der Waals surface area contributed by atoms with Crippen molar-refractivity contribution in [1.82, 2.24) is 5.32 Å². The van der Waals surface area contributed by atoms with E-state index in [1.54, 1.807) is 5.56 Å². The highest BCUT2D eigenvalue weighted by atomic mass is 15.0. The topological polar surface area (TPSA) is 12.0 Å². The lowest BCUT2D eigenvalue weighted by molar-refractivity contribution is 0.300. The summed E-state index contributed by atoms with van der Waals surface area (Å²) in [5.74, 6) is 0.712. The molecule has 0 aromatic heterocycles. The van der Waals surface area contributed by atoms with Gasteiger partial charge in [-0.2, -0.15) is 0 Å². The summed E-state index contributed by atoms with van der Waals surface area (Å²) in [5.41, 5.74) is 3.54. The monoisotopic (exact) mass is 215 g/mol. The van der Waals surface area contributed by atoms with Crippen LogP contribution in [0.3, 0.4) is 0 Å². The number of nitrogens with one attached hydrogen (secondary N) is 1. The molecule has 1 fully saturated rings. The van der Waals surface area contributed by atoms with E-state index in [0.29, 0.717) is 11.5 Å². The number of hydrogen-bond donors (Lipinski definition) is 1. The predicted octanol–water partition coefficient (Wildman–Crippen LogP) is 3.60. The Balaban J connectivity index is 1.92. The van der Waals surface area contributed by atoms with Crippen LogP contribution in [-0.4, -0.2) is 5.54 Å². The van der Waals surface area contributed by atoms with Gasteiger partial charge >= 0.3 is 0 Å². The SMILES string of the molecule is C[C@H]1CC2(CCCC2)NCc2ccccc21. The molecular weight excluding hydrogens is 194 g/mol. The molecule has 1 heterocycles. The minimum absolute atomic E-state index is 0.457. The van der Waals surface area contributed by atoms with Crippen LogP contribution in [0.2, 0.25) is 0 Å². The van der Waals surface area contributed by atoms with E-state index in [-0.39, 0.29) is 0 Å². The molecule has 1 atom stereocenters. The van der Waals surface area contributed by atoms with Gasteiger partial charge in [0.05, 0.1) is 0 Å². The van der Waals surface area contributed by atoms with Crippen LogP contribution in [0, 0.1) is 0 Å². The molecule has 0 radical (unpaired) electrons. The smallest absolute Gasteiger partial charge is 0.0213 e. The van der Waals surface area contributed by atoms with Gasteiger partial charge in [0.2, 0.25) is 0 Å². The van der Waals surface area contributed by atoms with Crippen molar-refractivity contribution in [3.63, 3.8) is 0 Å². The molecule has 0 unspecified atom stereocenters. The first-order chi connectivity index (χ1) is 7.79. The summed E-state index contributed by atoms with van der Waals surface area (Å²) in [7, 11) is 0. The van der Waals surface area contributed by atoms with Crippen LogP contribution in [0.5, 0.6) is 0 Å². The van der Waals surface area contributed by atoms with Crippen LogP contribution in [0.1, 0.15) is 56.1 Å². The molecule has 1 aliphatic heterocycles. The normalized spacial score (nSPS) is 27.7. The second-order valence-corrected chi connectivity index (χ2v) is 5.64. The van der Waals surface area contributed by atoms with Crippen molar-refractivity contribution in [2.24, 2.45) is 0 Å². The highest BCUT2D eigenvalue weighted by Gasteiger charge is 2.36. The second-order valence-electron chi connectivity index (χ2n) is 5.64. The molecule has 0 bridgehead atoms. The second kappa shape index (κ2) is 3.89. The first-order valence-corrected chi connectivity index (χ1v) is 6.62. The summed E-state index contributed by atoms with van der Waals surface area (Å²) in [6.07, 6.45) is 6.91. The summed E-state index contributed by atoms with van der Waals surface area (Å²) >= 11 is 0. The van der Waals surface area contributed by atoms with E-state index in [2.05, 4.69) is 36.5 Å². The van der Waals surface area contributed by atoms with Crippen LogP contribution in [-0.2, 0) is 6.54 Å². The van der Waals surface area contributed by atoms with Crippen molar-refractivity contribution in [2.75, 3.05) is 0 Å². The number of hydrogen-bond acceptors (Lipinski definition) is 1. The van der Waals surface area contributed by atoms with Gasteiger partial charge in [0.1, 0.15) is 0 Å². The van der Waals surface area contributed by atoms with Crippen LogP contribution in [0.25, 0.3) is 0 Å². The molecule has 1 nitrogen and oxygen atoms in total. The lowest BCUT2D eigenvalue weighted by Crippen LogP contribution is -2.41. The van der Waals surface area contributed by atoms with Crippen molar-refractivity contribution in [3.8, 4) is 0 Å². The van der Waals surface area contributed by atoms with Gasteiger partial charge in [-0.3, -0.25) is 0 Å². The Kier molecular flexibility index (Phi) is 2.51. The minimum Gasteiger partial charge on any atom is -0.307 e. The quantitative estimate of drug-likeness (QED) is 0.697. The predicted molar refractivity (Wildman–Crippen MR) is 67.5 cm³/mol. The Morgan fingerprint density at radius 1 is 1.19 bits per heavy atom. The summed E-state index contributed by atoms with van der Waals surface area (Å²) in [6, 6.07) is 8.95. The zero-order valence-corrected chi connectivity index (χ0v) is 10.1. The van der Waals surface area contributed by atoms with E-state index in [4.69, 9.17) is 0 Å². The fraction of sp³-hybridized carbons (Fsp3) is 0.600.